The van der Waals surface area contributed by atoms with Crippen LogP contribution in [0.3, 0.4) is 0 Å². The van der Waals surface area contributed by atoms with Gasteiger partial charge in [-0.25, -0.2) is 4.79 Å². The van der Waals surface area contributed by atoms with Crippen molar-refractivity contribution >= 4 is 11.9 Å². The highest BCUT2D eigenvalue weighted by Gasteiger charge is 2.22. The summed E-state index contributed by atoms with van der Waals surface area (Å²) in [5, 5.41) is 2.55. The molecule has 0 fully saturated rings. The molecule has 0 aromatic rings. The summed E-state index contributed by atoms with van der Waals surface area (Å²) >= 11 is 0. The van der Waals surface area contributed by atoms with E-state index in [-0.39, 0.29) is 12.2 Å². The summed E-state index contributed by atoms with van der Waals surface area (Å²) in [5.41, 5.74) is -0.565. The molecule has 0 aromatic heterocycles. The summed E-state index contributed by atoms with van der Waals surface area (Å²) in [7, 11) is 0. The van der Waals surface area contributed by atoms with Gasteiger partial charge in [-0.1, -0.05) is 6.92 Å². The SMILES string of the molecule is C#CCCC(=O)[C@@H](CC)NC(=O)OC(C)(C)C. The standard InChI is InChI=1S/C13H21NO3/c1-6-8-9-11(15)10(7-2)14-12(16)17-13(3,4)5/h1,10H,7-9H2,2-5H3,(H,14,16)/t10-/m1/s1. The van der Waals surface area contributed by atoms with Crippen LogP contribution >= 0.6 is 0 Å². The molecular weight excluding hydrogens is 218 g/mol. The highest BCUT2D eigenvalue weighted by Crippen LogP contribution is 2.08. The topological polar surface area (TPSA) is 55.4 Å². The third kappa shape index (κ3) is 7.40. The fraction of sp³-hybridized carbons (Fsp3) is 0.692. The van der Waals surface area contributed by atoms with Crippen LogP contribution in [0.25, 0.3) is 0 Å². The Morgan fingerprint density at radius 2 is 2.00 bits per heavy atom. The number of ketones is 1. The van der Waals surface area contributed by atoms with Gasteiger partial charge < -0.3 is 10.1 Å². The lowest BCUT2D eigenvalue weighted by molar-refractivity contribution is -0.121. The third-order valence-electron chi connectivity index (χ3n) is 2.00. The van der Waals surface area contributed by atoms with Gasteiger partial charge in [0.15, 0.2) is 5.78 Å². The van der Waals surface area contributed by atoms with Crippen LogP contribution in [0.2, 0.25) is 0 Å². The first-order valence-corrected chi connectivity index (χ1v) is 5.75. The van der Waals surface area contributed by atoms with E-state index in [1.54, 1.807) is 20.8 Å². The zero-order chi connectivity index (χ0) is 13.5. The first-order valence-electron chi connectivity index (χ1n) is 5.75. The monoisotopic (exact) mass is 239 g/mol. The van der Waals surface area contributed by atoms with Crippen LogP contribution in [0.15, 0.2) is 0 Å². The van der Waals surface area contributed by atoms with Crippen LogP contribution in [-0.2, 0) is 9.53 Å². The van der Waals surface area contributed by atoms with Crippen molar-refractivity contribution in [3.63, 3.8) is 0 Å². The Hall–Kier alpha value is -1.50. The number of hydrogen-bond donors (Lipinski definition) is 1. The van der Waals surface area contributed by atoms with Crippen LogP contribution < -0.4 is 5.32 Å². The minimum Gasteiger partial charge on any atom is -0.444 e. The molecule has 17 heavy (non-hydrogen) atoms. The molecule has 1 N–H and O–H groups in total. The van der Waals surface area contributed by atoms with Gasteiger partial charge in [0, 0.05) is 12.8 Å². The van der Waals surface area contributed by atoms with E-state index < -0.39 is 17.7 Å². The van der Waals surface area contributed by atoms with Gasteiger partial charge in [-0.3, -0.25) is 4.79 Å². The molecule has 96 valence electrons. The van der Waals surface area contributed by atoms with Gasteiger partial charge in [-0.05, 0) is 27.2 Å². The summed E-state index contributed by atoms with van der Waals surface area (Å²) < 4.78 is 5.08. The summed E-state index contributed by atoms with van der Waals surface area (Å²) in [6, 6.07) is -0.516. The first-order chi connectivity index (χ1) is 7.80. The molecule has 1 amide bonds. The van der Waals surface area contributed by atoms with E-state index in [0.717, 1.165) is 0 Å². The number of carbonyl (C=O) groups excluding carboxylic acids is 2. The minimum atomic E-state index is -0.571. The lowest BCUT2D eigenvalue weighted by atomic mass is 10.1. The molecule has 0 spiro atoms. The van der Waals surface area contributed by atoms with Gasteiger partial charge in [0.1, 0.15) is 5.60 Å². The molecule has 0 saturated carbocycles. The van der Waals surface area contributed by atoms with E-state index >= 15 is 0 Å². The number of Topliss-reactive ketones (excluding diaryl/α,β-unsaturated/α-hetero) is 1. The molecule has 0 bridgehead atoms. The first kappa shape index (κ1) is 15.5. The summed E-state index contributed by atoms with van der Waals surface area (Å²) in [4.78, 5) is 23.1. The molecule has 0 aliphatic heterocycles. The molecule has 0 heterocycles. The van der Waals surface area contributed by atoms with Gasteiger partial charge in [0.05, 0.1) is 6.04 Å². The second kappa shape index (κ2) is 6.95. The fourth-order valence-electron chi connectivity index (χ4n) is 1.23. The maximum atomic E-state index is 11.7. The van der Waals surface area contributed by atoms with Gasteiger partial charge in [0.25, 0.3) is 0 Å². The summed E-state index contributed by atoms with van der Waals surface area (Å²) in [6.45, 7) is 7.14. The third-order valence-corrected chi connectivity index (χ3v) is 2.00. The van der Waals surface area contributed by atoms with Gasteiger partial charge in [0.2, 0.25) is 0 Å². The molecule has 1 atom stereocenters. The van der Waals surface area contributed by atoms with Gasteiger partial charge in [-0.15, -0.1) is 12.3 Å². The Bertz CT molecular complexity index is 310. The second-order valence-corrected chi connectivity index (χ2v) is 4.78. The zero-order valence-corrected chi connectivity index (χ0v) is 11.0. The predicted octanol–water partition coefficient (Wildman–Crippen LogP) is 2.27. The summed E-state index contributed by atoms with van der Waals surface area (Å²) in [5.74, 6) is 2.35. The molecule has 0 rings (SSSR count). The van der Waals surface area contributed by atoms with Gasteiger partial charge in [-0.2, -0.15) is 0 Å². The van der Waals surface area contributed by atoms with Crippen molar-refractivity contribution in [2.45, 2.75) is 58.6 Å². The van der Waals surface area contributed by atoms with Crippen molar-refractivity contribution < 1.29 is 14.3 Å². The zero-order valence-electron chi connectivity index (χ0n) is 11.0. The second-order valence-electron chi connectivity index (χ2n) is 4.78. The quantitative estimate of drug-likeness (QED) is 0.749. The number of terminal acetylenes is 1. The predicted molar refractivity (Wildman–Crippen MR) is 66.5 cm³/mol. The molecule has 0 saturated heterocycles. The number of nitrogens with one attached hydrogen (secondary N) is 1. The molecule has 0 radical (unpaired) electrons. The molecule has 4 heteroatoms. The normalized spacial score (nSPS) is 12.4. The number of rotatable bonds is 5. The molecule has 4 nitrogen and oxygen atoms in total. The Balaban J connectivity index is 4.26. The molecule has 0 aliphatic carbocycles. The minimum absolute atomic E-state index is 0.0590. The van der Waals surface area contributed by atoms with E-state index in [1.807, 2.05) is 6.92 Å². The summed E-state index contributed by atoms with van der Waals surface area (Å²) in [6.07, 6.45) is 5.72. The maximum absolute atomic E-state index is 11.7. The average molecular weight is 239 g/mol. The van der Waals surface area contributed by atoms with Crippen molar-refractivity contribution in [2.24, 2.45) is 0 Å². The number of ether oxygens (including phenoxy) is 1. The van der Waals surface area contributed by atoms with E-state index in [1.165, 1.54) is 0 Å². The number of carbonyl (C=O) groups is 2. The van der Waals surface area contributed by atoms with Crippen molar-refractivity contribution in [1.29, 1.82) is 0 Å². The van der Waals surface area contributed by atoms with Crippen LogP contribution in [0.4, 0.5) is 4.79 Å². The highest BCUT2D eigenvalue weighted by molar-refractivity contribution is 5.87. The van der Waals surface area contributed by atoms with Gasteiger partial charge >= 0.3 is 6.09 Å². The van der Waals surface area contributed by atoms with Crippen molar-refractivity contribution in [3.05, 3.63) is 0 Å². The lowest BCUT2D eigenvalue weighted by Gasteiger charge is -2.22. The molecule has 0 aromatic carbocycles. The maximum Gasteiger partial charge on any atom is 0.408 e. The number of hydrogen-bond acceptors (Lipinski definition) is 3. The molecule has 0 unspecified atom stereocenters. The lowest BCUT2D eigenvalue weighted by Crippen LogP contribution is -2.43. The van der Waals surface area contributed by atoms with Crippen molar-refractivity contribution in [3.8, 4) is 12.3 Å². The largest absolute Gasteiger partial charge is 0.444 e. The highest BCUT2D eigenvalue weighted by atomic mass is 16.6. The number of amides is 1. The van der Waals surface area contributed by atoms with Crippen LogP contribution in [0.5, 0.6) is 0 Å². The van der Waals surface area contributed by atoms with E-state index in [0.29, 0.717) is 12.8 Å². The van der Waals surface area contributed by atoms with E-state index in [9.17, 15) is 9.59 Å². The fourth-order valence-corrected chi connectivity index (χ4v) is 1.23. The van der Waals surface area contributed by atoms with Crippen molar-refractivity contribution in [1.82, 2.24) is 5.32 Å². The smallest absolute Gasteiger partial charge is 0.408 e. The average Bonchev–Trinajstić information content (AvgIpc) is 2.19. The molecule has 0 aliphatic rings. The Labute approximate surface area is 103 Å². The Morgan fingerprint density at radius 3 is 2.41 bits per heavy atom. The van der Waals surface area contributed by atoms with Crippen molar-refractivity contribution in [2.75, 3.05) is 0 Å². The van der Waals surface area contributed by atoms with Crippen LogP contribution in [0, 0.1) is 12.3 Å². The Kier molecular flexibility index (Phi) is 6.34. The van der Waals surface area contributed by atoms with Crippen LogP contribution in [-0.4, -0.2) is 23.5 Å². The van der Waals surface area contributed by atoms with E-state index in [2.05, 4.69) is 11.2 Å². The van der Waals surface area contributed by atoms with Crippen LogP contribution in [0.1, 0.15) is 47.0 Å². The molecular formula is C13H21NO3. The van der Waals surface area contributed by atoms with E-state index in [4.69, 9.17) is 11.2 Å². The Morgan fingerprint density at radius 1 is 1.41 bits per heavy atom. The number of alkyl carbamates (subject to hydrolysis) is 1.